The minimum absolute atomic E-state index is 0.210. The summed E-state index contributed by atoms with van der Waals surface area (Å²) in [6, 6.07) is 11.2. The topological polar surface area (TPSA) is 118 Å². The van der Waals surface area contributed by atoms with Crippen LogP contribution in [0.4, 0.5) is 5.69 Å². The summed E-state index contributed by atoms with van der Waals surface area (Å²) in [5, 5.41) is -0.109. The number of piperazine rings is 1. The van der Waals surface area contributed by atoms with Gasteiger partial charge in [0, 0.05) is 63.5 Å². The lowest BCUT2D eigenvalue weighted by molar-refractivity contribution is -0.142. The van der Waals surface area contributed by atoms with Gasteiger partial charge in [-0.3, -0.25) is 19.4 Å². The van der Waals surface area contributed by atoms with Crippen LogP contribution in [0, 0.1) is 17.8 Å². The third-order valence-electron chi connectivity index (χ3n) is 12.1. The first kappa shape index (κ1) is 39.5. The van der Waals surface area contributed by atoms with Crippen LogP contribution in [0.5, 0.6) is 5.75 Å². The molecule has 3 heterocycles. The number of halogens is 1. The van der Waals surface area contributed by atoms with Gasteiger partial charge >= 0.3 is 5.97 Å². The molecule has 6 rings (SSSR count). The zero-order valence-corrected chi connectivity index (χ0v) is 33.1. The molecule has 0 spiro atoms. The maximum atomic E-state index is 13.6. The Balaban J connectivity index is 1.35. The molecule has 2 fully saturated rings. The van der Waals surface area contributed by atoms with Crippen LogP contribution in [0.2, 0.25) is 5.02 Å². The SMILES string of the molecule is COC(=O)CN1CCN(C[C@]2(OC)/C=C/C[C@H](C)[C@@H](C)S(=O)(=O)NC(=O)c3ccc4c(c3)N(CCCCc3cc(Cl)ccc3CO4)C[C@@H]3CC[C@H]32)CC1. The summed E-state index contributed by atoms with van der Waals surface area (Å²) in [4.78, 5) is 32.4. The van der Waals surface area contributed by atoms with Gasteiger partial charge in [0.05, 0.1) is 24.6 Å². The van der Waals surface area contributed by atoms with E-state index in [2.05, 4.69) is 31.6 Å². The molecule has 13 heteroatoms. The Kier molecular flexibility index (Phi) is 12.8. The summed E-state index contributed by atoms with van der Waals surface area (Å²) in [6.07, 6.45) is 9.57. The molecule has 290 valence electrons. The van der Waals surface area contributed by atoms with Gasteiger partial charge in [0.15, 0.2) is 0 Å². The van der Waals surface area contributed by atoms with Crippen LogP contribution in [-0.2, 0) is 37.3 Å². The smallest absolute Gasteiger partial charge is 0.319 e. The van der Waals surface area contributed by atoms with Gasteiger partial charge in [-0.1, -0.05) is 36.7 Å². The number of carbonyl (C=O) groups excluding carboxylic acids is 2. The molecule has 3 aliphatic heterocycles. The molecule has 2 aromatic carbocycles. The Morgan fingerprint density at radius 1 is 1.00 bits per heavy atom. The number of allylic oxidation sites excluding steroid dienone is 1. The molecule has 5 atom stereocenters. The van der Waals surface area contributed by atoms with E-state index in [-0.39, 0.29) is 29.9 Å². The molecule has 0 radical (unpaired) electrons. The quantitative estimate of drug-likeness (QED) is 0.317. The number of hydrogen-bond acceptors (Lipinski definition) is 10. The van der Waals surface area contributed by atoms with Crippen molar-refractivity contribution in [1.82, 2.24) is 14.5 Å². The number of carbonyl (C=O) groups is 2. The van der Waals surface area contributed by atoms with Crippen LogP contribution in [-0.4, -0.2) is 108 Å². The van der Waals surface area contributed by atoms with E-state index in [1.54, 1.807) is 32.2 Å². The van der Waals surface area contributed by atoms with Crippen LogP contribution >= 0.6 is 11.6 Å². The van der Waals surface area contributed by atoms with E-state index in [9.17, 15) is 18.0 Å². The van der Waals surface area contributed by atoms with Gasteiger partial charge in [0.1, 0.15) is 18.0 Å². The Morgan fingerprint density at radius 3 is 2.49 bits per heavy atom. The number of nitrogens with zero attached hydrogens (tertiary/aromatic N) is 3. The maximum absolute atomic E-state index is 13.6. The minimum Gasteiger partial charge on any atom is -0.487 e. The molecule has 1 saturated heterocycles. The predicted octanol–water partition coefficient (Wildman–Crippen LogP) is 5.31. The number of fused-ring (bicyclic) bond motifs is 3. The first-order valence-electron chi connectivity index (χ1n) is 19.0. The summed E-state index contributed by atoms with van der Waals surface area (Å²) >= 11 is 6.39. The van der Waals surface area contributed by atoms with Crippen LogP contribution < -0.4 is 14.4 Å². The number of nitrogens with one attached hydrogen (secondary N) is 1. The summed E-state index contributed by atoms with van der Waals surface area (Å²) in [7, 11) is -0.767. The van der Waals surface area contributed by atoms with Gasteiger partial charge in [-0.2, -0.15) is 0 Å². The molecule has 53 heavy (non-hydrogen) atoms. The molecule has 1 aliphatic carbocycles. The van der Waals surface area contributed by atoms with E-state index in [1.807, 2.05) is 25.1 Å². The van der Waals surface area contributed by atoms with Gasteiger partial charge in [-0.05, 0) is 105 Å². The fourth-order valence-corrected chi connectivity index (χ4v) is 9.81. The van der Waals surface area contributed by atoms with Crippen molar-refractivity contribution in [3.8, 4) is 5.75 Å². The molecular weight excluding hydrogens is 716 g/mol. The van der Waals surface area contributed by atoms with Gasteiger partial charge < -0.3 is 19.1 Å². The molecule has 4 aliphatic rings. The van der Waals surface area contributed by atoms with Crippen molar-refractivity contribution in [1.29, 1.82) is 0 Å². The van der Waals surface area contributed by atoms with Crippen LogP contribution in [0.1, 0.15) is 67.4 Å². The standard InChI is InChI=1S/C40H55ClN4O7S/c1-28-8-7-16-40(51-4,27-44-20-18-43(19-21-44)25-38(46)50-3)35-14-11-32(35)24-45-17-6-5-9-30-22-34(41)13-10-33(30)26-52-37-15-12-31(23-36(37)45)39(47)42-53(48,49)29(28)2/h7,10,12-13,15-16,22-23,28-29,32,35H,5-6,8-9,11,14,17-21,24-27H2,1-4H3,(H,42,47)/b16-7+/t28-,29+,32-,35+,40+/m0/s1. The van der Waals surface area contributed by atoms with Crippen molar-refractivity contribution < 1.29 is 32.2 Å². The Labute approximate surface area is 320 Å². The molecule has 11 nitrogen and oxygen atoms in total. The van der Waals surface area contributed by atoms with E-state index >= 15 is 0 Å². The number of hydrogen-bond donors (Lipinski definition) is 1. The number of benzene rings is 2. The highest BCUT2D eigenvalue weighted by molar-refractivity contribution is 7.90. The van der Waals surface area contributed by atoms with E-state index in [0.29, 0.717) is 36.3 Å². The van der Waals surface area contributed by atoms with Crippen molar-refractivity contribution in [2.24, 2.45) is 17.8 Å². The summed E-state index contributed by atoms with van der Waals surface area (Å²) < 4.78 is 47.5. The highest BCUT2D eigenvalue weighted by Crippen LogP contribution is 2.47. The molecule has 1 saturated carbocycles. The van der Waals surface area contributed by atoms with Crippen LogP contribution in [0.25, 0.3) is 0 Å². The minimum atomic E-state index is -3.98. The highest BCUT2D eigenvalue weighted by Gasteiger charge is 2.48. The third kappa shape index (κ3) is 9.21. The lowest BCUT2D eigenvalue weighted by atomic mass is 9.63. The number of aryl methyl sites for hydroxylation is 1. The number of ether oxygens (including phenoxy) is 3. The first-order valence-corrected chi connectivity index (χ1v) is 20.9. The second-order valence-electron chi connectivity index (χ2n) is 15.3. The first-order chi connectivity index (χ1) is 25.4. The van der Waals surface area contributed by atoms with Crippen molar-refractivity contribution in [2.75, 3.05) is 71.5 Å². The Hall–Kier alpha value is -3.16. The van der Waals surface area contributed by atoms with E-state index in [0.717, 1.165) is 82.6 Å². The Bertz CT molecular complexity index is 1760. The fraction of sp³-hybridized carbons (Fsp3) is 0.600. The number of esters is 1. The normalized spacial score (nSPS) is 29.2. The largest absolute Gasteiger partial charge is 0.487 e. The van der Waals surface area contributed by atoms with Gasteiger partial charge in [-0.25, -0.2) is 13.1 Å². The monoisotopic (exact) mass is 770 g/mol. The molecule has 1 N–H and O–H groups in total. The van der Waals surface area contributed by atoms with Gasteiger partial charge in [0.25, 0.3) is 5.91 Å². The highest BCUT2D eigenvalue weighted by atomic mass is 35.5. The lowest BCUT2D eigenvalue weighted by Crippen LogP contribution is -2.59. The maximum Gasteiger partial charge on any atom is 0.319 e. The molecule has 0 unspecified atom stereocenters. The predicted molar refractivity (Wildman–Crippen MR) is 207 cm³/mol. The van der Waals surface area contributed by atoms with Crippen molar-refractivity contribution in [3.05, 3.63) is 70.3 Å². The fourth-order valence-electron chi connectivity index (χ4n) is 8.33. The van der Waals surface area contributed by atoms with Crippen molar-refractivity contribution in [2.45, 2.75) is 69.8 Å². The number of rotatable bonds is 5. The van der Waals surface area contributed by atoms with Crippen LogP contribution in [0.15, 0.2) is 48.6 Å². The zero-order chi connectivity index (χ0) is 37.8. The second kappa shape index (κ2) is 17.1. The average molecular weight is 771 g/mol. The number of sulfonamides is 1. The number of anilines is 1. The third-order valence-corrected chi connectivity index (χ3v) is 14.2. The number of amides is 1. The van der Waals surface area contributed by atoms with E-state index in [1.165, 1.54) is 12.7 Å². The molecule has 2 bridgehead atoms. The molecule has 0 aromatic heterocycles. The Morgan fingerprint density at radius 2 is 1.77 bits per heavy atom. The van der Waals surface area contributed by atoms with Crippen molar-refractivity contribution in [3.63, 3.8) is 0 Å². The van der Waals surface area contributed by atoms with Crippen LogP contribution in [0.3, 0.4) is 0 Å². The van der Waals surface area contributed by atoms with Gasteiger partial charge in [-0.15, -0.1) is 0 Å². The van der Waals surface area contributed by atoms with E-state index < -0.39 is 26.8 Å². The van der Waals surface area contributed by atoms with E-state index in [4.69, 9.17) is 25.8 Å². The average Bonchev–Trinajstić information content (AvgIpc) is 3.16. The van der Waals surface area contributed by atoms with Gasteiger partial charge in [0.2, 0.25) is 10.0 Å². The second-order valence-corrected chi connectivity index (χ2v) is 17.8. The summed E-state index contributed by atoms with van der Waals surface area (Å²) in [5.74, 6) is 0.0306. The molecular formula is C40H55ClN4O7S. The zero-order valence-electron chi connectivity index (χ0n) is 31.5. The number of methoxy groups -OCH3 is 2. The van der Waals surface area contributed by atoms with Crippen molar-refractivity contribution >= 4 is 39.2 Å². The lowest BCUT2D eigenvalue weighted by Gasteiger charge is -2.52. The molecule has 2 aromatic rings. The summed E-state index contributed by atoms with van der Waals surface area (Å²) in [6.45, 7) is 9.48. The summed E-state index contributed by atoms with van der Waals surface area (Å²) in [5.41, 5.74) is 2.70. The molecule has 1 amide bonds.